The Kier molecular flexibility index (Phi) is 9.12. The van der Waals surface area contributed by atoms with Gasteiger partial charge in [0.1, 0.15) is 17.2 Å². The lowest BCUT2D eigenvalue weighted by Gasteiger charge is -2.22. The fourth-order valence-corrected chi connectivity index (χ4v) is 5.82. The van der Waals surface area contributed by atoms with E-state index in [1.54, 1.807) is 25.3 Å². The topological polar surface area (TPSA) is 86.9 Å². The maximum atomic E-state index is 14.2. The first-order valence-corrected chi connectivity index (χ1v) is 13.9. The smallest absolute Gasteiger partial charge is 0.387 e. The number of carbonyl (C=O) groups excluding carboxylic acids is 1. The fourth-order valence-electron chi connectivity index (χ4n) is 5.82. The largest absolute Gasteiger partial charge is 0.465 e. The normalized spacial score (nSPS) is 19.9. The molecule has 2 saturated carbocycles. The maximum absolute atomic E-state index is 14.2. The van der Waals surface area contributed by atoms with Crippen molar-refractivity contribution in [3.8, 4) is 17.0 Å². The molecule has 0 spiro atoms. The molecule has 2 atom stereocenters. The highest BCUT2D eigenvalue weighted by Gasteiger charge is 2.36. The summed E-state index contributed by atoms with van der Waals surface area (Å²) in [6.45, 7) is -0.793. The number of halogens is 3. The van der Waals surface area contributed by atoms with Crippen LogP contribution >= 0.6 is 0 Å². The molecule has 3 heterocycles. The van der Waals surface area contributed by atoms with Gasteiger partial charge >= 0.3 is 12.6 Å². The number of hydrogen-bond donors (Lipinski definition) is 0. The molecule has 0 N–H and O–H groups in total. The summed E-state index contributed by atoms with van der Waals surface area (Å²) in [5, 5.41) is 4.05. The van der Waals surface area contributed by atoms with E-state index in [-0.39, 0.29) is 11.3 Å². The monoisotopic (exact) mass is 573 g/mol. The van der Waals surface area contributed by atoms with Gasteiger partial charge in [0.15, 0.2) is 11.6 Å². The minimum absolute atomic E-state index is 0.0838. The lowest BCUT2D eigenvalue weighted by atomic mass is 9.82. The molecule has 6 rings (SSSR count). The summed E-state index contributed by atoms with van der Waals surface area (Å²) in [5.41, 5.74) is 1.96. The molecule has 220 valence electrons. The van der Waals surface area contributed by atoms with Crippen LogP contribution in [0.3, 0.4) is 0 Å². The summed E-state index contributed by atoms with van der Waals surface area (Å²) < 4.78 is 58.9. The van der Waals surface area contributed by atoms with Crippen LogP contribution in [-0.4, -0.2) is 50.0 Å². The number of alkyl halides is 2. The molecule has 8 nitrogen and oxygen atoms in total. The molecule has 11 heteroatoms. The molecular formula is C30H34F3N3O5. The van der Waals surface area contributed by atoms with Crippen molar-refractivity contribution in [3.63, 3.8) is 0 Å². The molecule has 0 bridgehead atoms. The molecule has 3 aromatic rings. The van der Waals surface area contributed by atoms with E-state index in [2.05, 4.69) is 19.6 Å². The van der Waals surface area contributed by atoms with Crippen LogP contribution in [0.15, 0.2) is 41.1 Å². The molecule has 41 heavy (non-hydrogen) atoms. The van der Waals surface area contributed by atoms with Gasteiger partial charge in [-0.2, -0.15) is 8.78 Å². The highest BCUT2D eigenvalue weighted by atomic mass is 19.3. The second kappa shape index (κ2) is 12.9. The standard InChI is InChI=1S/C15H15F2NO3.C15H19FN2O2/c1-19-8-11-13(18-21-14(11)9-6-7-9)10-4-2-3-5-12(10)20-15(16)17;1-20-15(19)12-6-13(16)14(17-7-12)18-8-10-4-2-3-5-11(10)9-18/h2-5,9,15H,6-8H2,1H3;6-7,10-11H,2-5,8-9H2,1H3/t;10-,11?/m.0/s1. The predicted octanol–water partition coefficient (Wildman–Crippen LogP) is 6.60. The Labute approximate surface area is 236 Å². The van der Waals surface area contributed by atoms with Gasteiger partial charge in [-0.05, 0) is 55.7 Å². The van der Waals surface area contributed by atoms with E-state index in [4.69, 9.17) is 9.26 Å². The average molecular weight is 574 g/mol. The van der Waals surface area contributed by atoms with Crippen molar-refractivity contribution in [2.45, 2.75) is 57.7 Å². The number of aromatic nitrogens is 2. The zero-order valence-corrected chi connectivity index (χ0v) is 23.2. The number of rotatable bonds is 8. The highest BCUT2D eigenvalue weighted by molar-refractivity contribution is 5.89. The van der Waals surface area contributed by atoms with E-state index in [9.17, 15) is 18.0 Å². The number of benzene rings is 1. The Morgan fingerprint density at radius 3 is 2.41 bits per heavy atom. The van der Waals surface area contributed by atoms with Gasteiger partial charge in [0, 0.05) is 43.4 Å². The van der Waals surface area contributed by atoms with Crippen LogP contribution in [-0.2, 0) is 16.1 Å². The number of nitrogens with zero attached hydrogens (tertiary/aromatic N) is 3. The van der Waals surface area contributed by atoms with E-state index in [0.29, 0.717) is 41.4 Å². The second-order valence-corrected chi connectivity index (χ2v) is 10.7. The van der Waals surface area contributed by atoms with E-state index in [1.165, 1.54) is 51.1 Å². The Hall–Kier alpha value is -3.60. The van der Waals surface area contributed by atoms with Gasteiger partial charge in [-0.25, -0.2) is 14.2 Å². The van der Waals surface area contributed by atoms with Crippen molar-refractivity contribution in [1.29, 1.82) is 0 Å². The van der Waals surface area contributed by atoms with Crippen LogP contribution in [0.2, 0.25) is 0 Å². The van der Waals surface area contributed by atoms with Crippen LogP contribution < -0.4 is 9.64 Å². The van der Waals surface area contributed by atoms with E-state index >= 15 is 0 Å². The summed E-state index contributed by atoms with van der Waals surface area (Å²) in [6.07, 6.45) is 8.55. The highest BCUT2D eigenvalue weighted by Crippen LogP contribution is 2.45. The first-order chi connectivity index (χ1) is 19.9. The number of ether oxygens (including phenoxy) is 3. The van der Waals surface area contributed by atoms with Crippen molar-refractivity contribution in [3.05, 3.63) is 59.2 Å². The SMILES string of the molecule is COC(=O)c1cnc(N2CC3CCCC[C@H]3C2)c(F)c1.COCc1c(-c2ccccc2OC(F)F)noc1C1CC1. The van der Waals surface area contributed by atoms with Gasteiger partial charge in [-0.3, -0.25) is 0 Å². The molecule has 1 aromatic carbocycles. The molecule has 1 aliphatic heterocycles. The van der Waals surface area contributed by atoms with Crippen molar-refractivity contribution in [2.75, 3.05) is 32.2 Å². The van der Waals surface area contributed by atoms with Crippen molar-refractivity contribution < 1.29 is 36.7 Å². The quantitative estimate of drug-likeness (QED) is 0.279. The second-order valence-electron chi connectivity index (χ2n) is 10.7. The van der Waals surface area contributed by atoms with Crippen molar-refractivity contribution in [2.24, 2.45) is 11.8 Å². The molecule has 0 amide bonds. The molecule has 2 aromatic heterocycles. The summed E-state index contributed by atoms with van der Waals surface area (Å²) >= 11 is 0. The van der Waals surface area contributed by atoms with Crippen LogP contribution in [0, 0.1) is 17.7 Å². The number of esters is 1. The number of carbonyl (C=O) groups is 1. The minimum atomic E-state index is -2.88. The third kappa shape index (κ3) is 6.66. The van der Waals surface area contributed by atoms with Crippen molar-refractivity contribution in [1.82, 2.24) is 10.1 Å². The first-order valence-electron chi connectivity index (χ1n) is 13.9. The molecular weight excluding hydrogens is 539 g/mol. The van der Waals surface area contributed by atoms with E-state index in [0.717, 1.165) is 37.3 Å². The Bertz CT molecular complexity index is 1330. The minimum Gasteiger partial charge on any atom is -0.465 e. The zero-order chi connectivity index (χ0) is 28.9. The zero-order valence-electron chi connectivity index (χ0n) is 23.2. The van der Waals surface area contributed by atoms with Crippen LogP contribution in [0.25, 0.3) is 11.3 Å². The van der Waals surface area contributed by atoms with Gasteiger partial charge in [-0.15, -0.1) is 0 Å². The van der Waals surface area contributed by atoms with Crippen molar-refractivity contribution >= 4 is 11.8 Å². The number of para-hydroxylation sites is 1. The molecule has 3 fully saturated rings. The summed E-state index contributed by atoms with van der Waals surface area (Å²) in [5.74, 6) is 1.95. The number of fused-ring (bicyclic) bond motifs is 1. The van der Waals surface area contributed by atoms with Gasteiger partial charge in [-0.1, -0.05) is 30.1 Å². The number of anilines is 1. The van der Waals surface area contributed by atoms with Gasteiger partial charge < -0.3 is 23.6 Å². The van der Waals surface area contributed by atoms with E-state index < -0.39 is 18.4 Å². The molecule has 3 aliphatic rings. The van der Waals surface area contributed by atoms with E-state index in [1.807, 2.05) is 4.90 Å². The van der Waals surface area contributed by atoms with Crippen LogP contribution in [0.1, 0.15) is 66.1 Å². The van der Waals surface area contributed by atoms with Crippen LogP contribution in [0.4, 0.5) is 19.0 Å². The Balaban J connectivity index is 0.000000165. The summed E-state index contributed by atoms with van der Waals surface area (Å²) in [4.78, 5) is 17.5. The lowest BCUT2D eigenvalue weighted by Crippen LogP contribution is -2.22. The molecule has 0 radical (unpaired) electrons. The third-order valence-electron chi connectivity index (χ3n) is 7.93. The van der Waals surface area contributed by atoms with Gasteiger partial charge in [0.05, 0.1) is 19.3 Å². The summed E-state index contributed by atoms with van der Waals surface area (Å²) in [7, 11) is 2.86. The summed E-state index contributed by atoms with van der Waals surface area (Å²) in [6, 6.07) is 7.78. The van der Waals surface area contributed by atoms with Gasteiger partial charge in [0.25, 0.3) is 0 Å². The Morgan fingerprint density at radius 1 is 1.10 bits per heavy atom. The number of pyridine rings is 1. The first kappa shape index (κ1) is 28.9. The fraction of sp³-hybridized carbons (Fsp3) is 0.500. The number of methoxy groups -OCH3 is 2. The molecule has 2 aliphatic carbocycles. The third-order valence-corrected chi connectivity index (χ3v) is 7.93. The Morgan fingerprint density at radius 2 is 1.80 bits per heavy atom. The molecule has 1 unspecified atom stereocenters. The van der Waals surface area contributed by atoms with Crippen LogP contribution in [0.5, 0.6) is 5.75 Å². The average Bonchev–Trinajstić information content (AvgIpc) is 3.59. The lowest BCUT2D eigenvalue weighted by molar-refractivity contribution is -0.0494. The number of hydrogen-bond acceptors (Lipinski definition) is 8. The maximum Gasteiger partial charge on any atom is 0.387 e. The predicted molar refractivity (Wildman–Crippen MR) is 144 cm³/mol. The van der Waals surface area contributed by atoms with Gasteiger partial charge in [0.2, 0.25) is 0 Å². The molecule has 1 saturated heterocycles.